The molecule has 5 nitrogen and oxygen atoms in total. The van der Waals surface area contributed by atoms with Crippen molar-refractivity contribution in [1.82, 2.24) is 15.3 Å². The molecule has 1 aliphatic heterocycles. The van der Waals surface area contributed by atoms with Gasteiger partial charge in [-0.15, -0.1) is 11.3 Å². The van der Waals surface area contributed by atoms with Gasteiger partial charge in [-0.1, -0.05) is 0 Å². The fraction of sp³-hybridized carbons (Fsp3) is 0.357. The van der Waals surface area contributed by atoms with Gasteiger partial charge in [0, 0.05) is 36.6 Å². The Bertz CT molecular complexity index is 631. The molecule has 1 saturated heterocycles. The molecule has 0 spiro atoms. The van der Waals surface area contributed by atoms with E-state index in [1.54, 1.807) is 0 Å². The summed E-state index contributed by atoms with van der Waals surface area (Å²) in [7, 11) is 2.09. The molecule has 3 rings (SSSR count). The lowest BCUT2D eigenvalue weighted by molar-refractivity contribution is 0.0666. The molecule has 20 heavy (non-hydrogen) atoms. The van der Waals surface area contributed by atoms with Crippen molar-refractivity contribution in [3.8, 4) is 0 Å². The number of rotatable bonds is 2. The van der Waals surface area contributed by atoms with Gasteiger partial charge in [0.15, 0.2) is 0 Å². The van der Waals surface area contributed by atoms with Crippen molar-refractivity contribution in [2.75, 3.05) is 39.0 Å². The number of piperazine rings is 1. The Morgan fingerprint density at radius 3 is 2.75 bits per heavy atom. The Morgan fingerprint density at radius 1 is 1.25 bits per heavy atom. The maximum atomic E-state index is 12.3. The molecule has 2 heterocycles. The Kier molecular flexibility index (Phi) is 3.60. The third-order valence-corrected chi connectivity index (χ3v) is 4.64. The van der Waals surface area contributed by atoms with Gasteiger partial charge in [-0.2, -0.15) is 0 Å². The lowest BCUT2D eigenvalue weighted by Crippen LogP contribution is -2.52. The number of thiophene rings is 1. The third-order valence-electron chi connectivity index (χ3n) is 3.53. The molecule has 1 aromatic heterocycles. The molecule has 6 heteroatoms. The van der Waals surface area contributed by atoms with E-state index in [2.05, 4.69) is 17.4 Å². The molecule has 3 N–H and O–H groups in total. The zero-order valence-corrected chi connectivity index (χ0v) is 12.2. The molecule has 1 amide bonds. The summed E-state index contributed by atoms with van der Waals surface area (Å²) in [6.45, 7) is 3.67. The Balaban J connectivity index is 1.72. The smallest absolute Gasteiger partial charge is 0.275 e. The summed E-state index contributed by atoms with van der Waals surface area (Å²) in [4.78, 5) is 15.2. The summed E-state index contributed by atoms with van der Waals surface area (Å²) < 4.78 is 1.09. The number of hydrazine groups is 1. The highest BCUT2D eigenvalue weighted by molar-refractivity contribution is 7.20. The molecule has 106 valence electrons. The Hall–Kier alpha value is -1.63. The number of hydrogen-bond acceptors (Lipinski definition) is 5. The van der Waals surface area contributed by atoms with Crippen LogP contribution < -0.4 is 11.2 Å². The fourth-order valence-corrected chi connectivity index (χ4v) is 3.22. The Morgan fingerprint density at radius 2 is 2.00 bits per heavy atom. The number of benzene rings is 1. The van der Waals surface area contributed by atoms with Crippen LogP contribution in [0, 0.1) is 0 Å². The van der Waals surface area contributed by atoms with Crippen LogP contribution in [0.5, 0.6) is 0 Å². The van der Waals surface area contributed by atoms with Crippen molar-refractivity contribution in [3.63, 3.8) is 0 Å². The first-order valence-corrected chi connectivity index (χ1v) is 7.47. The van der Waals surface area contributed by atoms with E-state index in [4.69, 9.17) is 5.73 Å². The average molecular weight is 290 g/mol. The van der Waals surface area contributed by atoms with Gasteiger partial charge >= 0.3 is 0 Å². The zero-order chi connectivity index (χ0) is 14.1. The molecule has 0 radical (unpaired) electrons. The van der Waals surface area contributed by atoms with Crippen LogP contribution in [0.4, 0.5) is 5.69 Å². The second kappa shape index (κ2) is 5.40. The first-order chi connectivity index (χ1) is 9.61. The van der Waals surface area contributed by atoms with Gasteiger partial charge in [-0.05, 0) is 36.7 Å². The number of nitrogen functional groups attached to an aromatic ring is 1. The van der Waals surface area contributed by atoms with E-state index in [0.717, 1.165) is 46.8 Å². The fourth-order valence-electron chi connectivity index (χ4n) is 2.29. The Labute approximate surface area is 121 Å². The van der Waals surface area contributed by atoms with Crippen molar-refractivity contribution < 1.29 is 4.79 Å². The minimum absolute atomic E-state index is 0.0330. The SMILES string of the molecule is CN1CCN(NC(=O)c2cc3cc(N)ccc3s2)CC1. The predicted molar refractivity (Wildman–Crippen MR) is 82.8 cm³/mol. The lowest BCUT2D eigenvalue weighted by Gasteiger charge is -2.32. The normalized spacial score (nSPS) is 17.4. The molecule has 2 aromatic rings. The minimum atomic E-state index is -0.0330. The standard InChI is InChI=1S/C14H18N4OS/c1-17-4-6-18(7-5-17)16-14(19)13-9-10-8-11(15)2-3-12(10)20-13/h2-3,8-9H,4-7,15H2,1H3,(H,16,19). The summed E-state index contributed by atoms with van der Waals surface area (Å²) in [5, 5.41) is 3.01. The molecular weight excluding hydrogens is 272 g/mol. The van der Waals surface area contributed by atoms with Gasteiger partial charge in [-0.25, -0.2) is 5.01 Å². The van der Waals surface area contributed by atoms with Crippen LogP contribution in [-0.4, -0.2) is 49.0 Å². The average Bonchev–Trinajstić information content (AvgIpc) is 2.84. The summed E-state index contributed by atoms with van der Waals surface area (Å²) in [6, 6.07) is 7.63. The highest BCUT2D eigenvalue weighted by Crippen LogP contribution is 2.27. The molecule has 1 aromatic carbocycles. The van der Waals surface area contributed by atoms with E-state index < -0.39 is 0 Å². The second-order valence-electron chi connectivity index (χ2n) is 5.14. The van der Waals surface area contributed by atoms with Crippen LogP contribution in [0.3, 0.4) is 0 Å². The van der Waals surface area contributed by atoms with Crippen LogP contribution in [0.25, 0.3) is 10.1 Å². The molecule has 0 atom stereocenters. The maximum Gasteiger partial charge on any atom is 0.275 e. The summed E-state index contributed by atoms with van der Waals surface area (Å²) in [6.07, 6.45) is 0. The monoisotopic (exact) mass is 290 g/mol. The largest absolute Gasteiger partial charge is 0.399 e. The highest BCUT2D eigenvalue weighted by Gasteiger charge is 2.17. The number of nitrogens with one attached hydrogen (secondary N) is 1. The van der Waals surface area contributed by atoms with Crippen molar-refractivity contribution in [1.29, 1.82) is 0 Å². The number of likely N-dealkylation sites (N-methyl/N-ethyl adjacent to an activating group) is 1. The first kappa shape index (κ1) is 13.4. The van der Waals surface area contributed by atoms with Crippen LogP contribution in [0.1, 0.15) is 9.67 Å². The van der Waals surface area contributed by atoms with Crippen LogP contribution in [0.15, 0.2) is 24.3 Å². The summed E-state index contributed by atoms with van der Waals surface area (Å²) >= 11 is 1.50. The predicted octanol–water partition coefficient (Wildman–Crippen LogP) is 1.38. The van der Waals surface area contributed by atoms with Gasteiger partial charge < -0.3 is 10.6 Å². The molecule has 0 saturated carbocycles. The highest BCUT2D eigenvalue weighted by atomic mass is 32.1. The summed E-state index contributed by atoms with van der Waals surface area (Å²) in [5.41, 5.74) is 9.46. The number of nitrogens with two attached hydrogens (primary N) is 1. The van der Waals surface area contributed by atoms with Crippen molar-refractivity contribution in [3.05, 3.63) is 29.1 Å². The molecule has 1 fully saturated rings. The molecular formula is C14H18N4OS. The van der Waals surface area contributed by atoms with Crippen LogP contribution >= 0.6 is 11.3 Å². The number of fused-ring (bicyclic) bond motifs is 1. The van der Waals surface area contributed by atoms with Gasteiger partial charge in [0.2, 0.25) is 0 Å². The van der Waals surface area contributed by atoms with Crippen LogP contribution in [-0.2, 0) is 0 Å². The zero-order valence-electron chi connectivity index (χ0n) is 11.4. The van der Waals surface area contributed by atoms with Crippen LogP contribution in [0.2, 0.25) is 0 Å². The molecule has 1 aliphatic rings. The van der Waals surface area contributed by atoms with E-state index in [-0.39, 0.29) is 5.91 Å². The maximum absolute atomic E-state index is 12.3. The molecule has 0 unspecified atom stereocenters. The lowest BCUT2D eigenvalue weighted by atomic mass is 10.2. The van der Waals surface area contributed by atoms with E-state index >= 15 is 0 Å². The number of amides is 1. The van der Waals surface area contributed by atoms with Crippen molar-refractivity contribution >= 4 is 33.0 Å². The number of hydrogen-bond donors (Lipinski definition) is 2. The summed E-state index contributed by atoms with van der Waals surface area (Å²) in [5.74, 6) is -0.0330. The molecule has 0 aliphatic carbocycles. The minimum Gasteiger partial charge on any atom is -0.399 e. The van der Waals surface area contributed by atoms with Gasteiger partial charge in [-0.3, -0.25) is 10.2 Å². The van der Waals surface area contributed by atoms with Gasteiger partial charge in [0.1, 0.15) is 0 Å². The number of carbonyl (C=O) groups excluding carboxylic acids is 1. The third kappa shape index (κ3) is 2.77. The van der Waals surface area contributed by atoms with Gasteiger partial charge in [0.25, 0.3) is 5.91 Å². The van der Waals surface area contributed by atoms with E-state index in [1.807, 2.05) is 29.3 Å². The van der Waals surface area contributed by atoms with Crippen molar-refractivity contribution in [2.45, 2.75) is 0 Å². The number of anilines is 1. The topological polar surface area (TPSA) is 61.6 Å². The second-order valence-corrected chi connectivity index (χ2v) is 6.22. The van der Waals surface area contributed by atoms with Crippen molar-refractivity contribution in [2.24, 2.45) is 0 Å². The first-order valence-electron chi connectivity index (χ1n) is 6.65. The van der Waals surface area contributed by atoms with Gasteiger partial charge in [0.05, 0.1) is 4.88 Å². The van der Waals surface area contributed by atoms with E-state index in [9.17, 15) is 4.79 Å². The number of carbonyl (C=O) groups is 1. The van der Waals surface area contributed by atoms with E-state index in [0.29, 0.717) is 0 Å². The van der Waals surface area contributed by atoms with E-state index in [1.165, 1.54) is 11.3 Å². The quantitative estimate of drug-likeness (QED) is 0.820. The molecule has 0 bridgehead atoms. The number of nitrogens with zero attached hydrogens (tertiary/aromatic N) is 2.